The molecule has 0 radical (unpaired) electrons. The number of nitrogen functional groups attached to an aromatic ring is 1. The summed E-state index contributed by atoms with van der Waals surface area (Å²) in [6.45, 7) is -1.68. The Morgan fingerprint density at radius 1 is 1.31 bits per heavy atom. The number of benzene rings is 1. The van der Waals surface area contributed by atoms with Gasteiger partial charge in [0.25, 0.3) is 5.91 Å². The van der Waals surface area contributed by atoms with Crippen LogP contribution >= 0.6 is 0 Å². The summed E-state index contributed by atoms with van der Waals surface area (Å²) in [5, 5.41) is 3.53. The second kappa shape index (κ2) is 8.28. The summed E-state index contributed by atoms with van der Waals surface area (Å²) >= 11 is 0. The van der Waals surface area contributed by atoms with Crippen molar-refractivity contribution in [1.29, 1.82) is 0 Å². The van der Waals surface area contributed by atoms with Gasteiger partial charge in [0, 0.05) is 13.6 Å². The summed E-state index contributed by atoms with van der Waals surface area (Å²) in [5.74, 6) is -1.43. The van der Waals surface area contributed by atoms with Gasteiger partial charge in [-0.1, -0.05) is 17.3 Å². The van der Waals surface area contributed by atoms with E-state index in [1.807, 2.05) is 0 Å². The van der Waals surface area contributed by atoms with Crippen LogP contribution in [0.3, 0.4) is 0 Å². The third-order valence-corrected chi connectivity index (χ3v) is 3.41. The molecule has 0 fully saturated rings. The molecule has 1 aromatic carbocycles. The van der Waals surface area contributed by atoms with E-state index < -0.39 is 25.1 Å². The van der Waals surface area contributed by atoms with Gasteiger partial charge in [-0.25, -0.2) is 4.79 Å². The zero-order valence-corrected chi connectivity index (χ0v) is 14.1. The monoisotopic (exact) mass is 369 g/mol. The molecule has 1 amide bonds. The highest BCUT2D eigenvalue weighted by molar-refractivity contribution is 5.96. The number of rotatable bonds is 7. The highest BCUT2D eigenvalue weighted by atomic mass is 19.3. The fraction of sp³-hybridized carbons (Fsp3) is 0.312. The van der Waals surface area contributed by atoms with Gasteiger partial charge in [0.1, 0.15) is 11.3 Å². The van der Waals surface area contributed by atoms with Crippen molar-refractivity contribution in [3.63, 3.8) is 0 Å². The van der Waals surface area contributed by atoms with E-state index in [9.17, 15) is 18.4 Å². The number of halogens is 2. The van der Waals surface area contributed by atoms with Gasteiger partial charge in [-0.05, 0) is 24.6 Å². The number of nitrogens with zero attached hydrogens (tertiary/aromatic N) is 2. The van der Waals surface area contributed by atoms with Crippen molar-refractivity contribution in [3.05, 3.63) is 41.1 Å². The second-order valence-electron chi connectivity index (χ2n) is 5.36. The van der Waals surface area contributed by atoms with Crippen LogP contribution in [-0.2, 0) is 16.1 Å². The van der Waals surface area contributed by atoms with Crippen molar-refractivity contribution >= 4 is 17.8 Å². The number of aryl methyl sites for hydroxylation is 1. The molecule has 0 aliphatic heterocycles. The van der Waals surface area contributed by atoms with Gasteiger partial charge in [-0.2, -0.15) is 8.78 Å². The van der Waals surface area contributed by atoms with Crippen LogP contribution in [0.5, 0.6) is 5.75 Å². The van der Waals surface area contributed by atoms with Crippen molar-refractivity contribution in [2.45, 2.75) is 20.1 Å². The van der Waals surface area contributed by atoms with Gasteiger partial charge >= 0.3 is 12.6 Å². The van der Waals surface area contributed by atoms with E-state index in [0.717, 1.165) is 0 Å². The largest absolute Gasteiger partial charge is 0.452 e. The molecule has 0 spiro atoms. The van der Waals surface area contributed by atoms with Gasteiger partial charge in [-0.3, -0.25) is 4.79 Å². The fourth-order valence-corrected chi connectivity index (χ4v) is 2.08. The first-order chi connectivity index (χ1) is 12.3. The Labute approximate surface area is 147 Å². The van der Waals surface area contributed by atoms with Crippen molar-refractivity contribution < 1.29 is 32.4 Å². The lowest BCUT2D eigenvalue weighted by Crippen LogP contribution is -2.31. The molecule has 0 aliphatic rings. The van der Waals surface area contributed by atoms with Gasteiger partial charge in [0.05, 0.1) is 5.69 Å². The number of amides is 1. The zero-order chi connectivity index (χ0) is 19.3. The lowest BCUT2D eigenvalue weighted by molar-refractivity contribution is -0.133. The van der Waals surface area contributed by atoms with Crippen LogP contribution in [0.2, 0.25) is 0 Å². The number of aromatic nitrogens is 1. The van der Waals surface area contributed by atoms with Crippen LogP contribution in [0.25, 0.3) is 0 Å². The number of esters is 1. The Kier molecular flexibility index (Phi) is 6.10. The number of hydrogen-bond donors (Lipinski definition) is 1. The molecule has 0 aliphatic carbocycles. The molecule has 0 saturated carbocycles. The minimum Gasteiger partial charge on any atom is -0.452 e. The Bertz CT molecular complexity index is 757. The number of likely N-dealkylation sites (N-methyl/N-ethyl adjacent to an activating group) is 1. The quantitative estimate of drug-likeness (QED) is 0.744. The van der Waals surface area contributed by atoms with Crippen LogP contribution in [-0.4, -0.2) is 42.2 Å². The number of nitrogens with two attached hydrogens (primary N) is 1. The number of carbonyl (C=O) groups excluding carboxylic acids is 2. The molecule has 10 heteroatoms. The van der Waals surface area contributed by atoms with Crippen molar-refractivity contribution in [2.24, 2.45) is 0 Å². The molecular weight excluding hydrogens is 352 g/mol. The maximum atomic E-state index is 12.1. The summed E-state index contributed by atoms with van der Waals surface area (Å²) < 4.78 is 38.0. The predicted octanol–water partition coefficient (Wildman–Crippen LogP) is 1.98. The lowest BCUT2D eigenvalue weighted by Gasteiger charge is -2.17. The number of ether oxygens (including phenoxy) is 2. The molecule has 1 aromatic heterocycles. The molecule has 0 atom stereocenters. The van der Waals surface area contributed by atoms with Gasteiger partial charge in [0.2, 0.25) is 5.88 Å². The Morgan fingerprint density at radius 3 is 2.50 bits per heavy atom. The average Bonchev–Trinajstić information content (AvgIpc) is 2.92. The van der Waals surface area contributed by atoms with Crippen LogP contribution < -0.4 is 10.5 Å². The summed E-state index contributed by atoms with van der Waals surface area (Å²) in [4.78, 5) is 25.3. The summed E-state index contributed by atoms with van der Waals surface area (Å²) in [6.07, 6.45) is 0. The molecule has 2 aromatic rings. The smallest absolute Gasteiger partial charge is 0.387 e. The third-order valence-electron chi connectivity index (χ3n) is 3.41. The van der Waals surface area contributed by atoms with Crippen molar-refractivity contribution in [2.75, 3.05) is 19.4 Å². The Hall–Kier alpha value is -3.17. The molecular formula is C16H17F2N3O5. The topological polar surface area (TPSA) is 108 Å². The van der Waals surface area contributed by atoms with Crippen LogP contribution in [0.1, 0.15) is 21.6 Å². The Balaban J connectivity index is 1.86. The van der Waals surface area contributed by atoms with Crippen molar-refractivity contribution in [3.8, 4) is 5.75 Å². The van der Waals surface area contributed by atoms with Gasteiger partial charge < -0.3 is 24.6 Å². The van der Waals surface area contributed by atoms with Gasteiger partial charge in [0.15, 0.2) is 6.61 Å². The SMILES string of the molecule is Cc1noc(N)c1C(=O)OCC(=O)N(C)Cc1ccc(OC(F)F)cc1. The van der Waals surface area contributed by atoms with E-state index in [1.165, 1.54) is 31.0 Å². The Morgan fingerprint density at radius 2 is 1.96 bits per heavy atom. The summed E-state index contributed by atoms with van der Waals surface area (Å²) in [6, 6.07) is 5.85. The first-order valence-corrected chi connectivity index (χ1v) is 7.44. The molecule has 2 N–H and O–H groups in total. The lowest BCUT2D eigenvalue weighted by atomic mass is 10.2. The molecule has 0 unspecified atom stereocenters. The highest BCUT2D eigenvalue weighted by Gasteiger charge is 2.21. The molecule has 1 heterocycles. The fourth-order valence-electron chi connectivity index (χ4n) is 2.08. The standard InChI is InChI=1S/C16H17F2N3O5/c1-9-13(14(19)26-20-9)15(23)24-8-12(22)21(2)7-10-3-5-11(6-4-10)25-16(17)18/h3-6,16H,7-8,19H2,1-2H3. The second-order valence-corrected chi connectivity index (χ2v) is 5.36. The molecule has 2 rings (SSSR count). The van der Waals surface area contributed by atoms with Crippen LogP contribution in [0, 0.1) is 6.92 Å². The first-order valence-electron chi connectivity index (χ1n) is 7.44. The first kappa shape index (κ1) is 19.2. The minimum absolute atomic E-state index is 0.0185. The number of anilines is 1. The summed E-state index contributed by atoms with van der Waals surface area (Å²) in [5.41, 5.74) is 6.40. The third kappa shape index (κ3) is 4.91. The molecule has 8 nitrogen and oxygen atoms in total. The number of alkyl halides is 2. The van der Waals surface area contributed by atoms with Crippen LogP contribution in [0.4, 0.5) is 14.7 Å². The van der Waals surface area contributed by atoms with E-state index in [0.29, 0.717) is 5.56 Å². The molecule has 26 heavy (non-hydrogen) atoms. The maximum Gasteiger partial charge on any atom is 0.387 e. The van der Waals surface area contributed by atoms with Crippen LogP contribution in [0.15, 0.2) is 28.8 Å². The zero-order valence-electron chi connectivity index (χ0n) is 14.1. The van der Waals surface area contributed by atoms with E-state index in [1.54, 1.807) is 12.1 Å². The number of hydrogen-bond acceptors (Lipinski definition) is 7. The predicted molar refractivity (Wildman–Crippen MR) is 85.5 cm³/mol. The van der Waals surface area contributed by atoms with E-state index in [4.69, 9.17) is 10.5 Å². The summed E-state index contributed by atoms with van der Waals surface area (Å²) in [7, 11) is 1.51. The molecule has 140 valence electrons. The molecule has 0 bridgehead atoms. The van der Waals surface area contributed by atoms with Crippen molar-refractivity contribution in [1.82, 2.24) is 10.1 Å². The van der Waals surface area contributed by atoms with E-state index in [-0.39, 0.29) is 29.4 Å². The van der Waals surface area contributed by atoms with E-state index >= 15 is 0 Å². The minimum atomic E-state index is -2.90. The average molecular weight is 369 g/mol. The van der Waals surface area contributed by atoms with Gasteiger partial charge in [-0.15, -0.1) is 0 Å². The normalized spacial score (nSPS) is 10.7. The number of carbonyl (C=O) groups is 2. The van der Waals surface area contributed by atoms with E-state index in [2.05, 4.69) is 14.4 Å². The molecule has 0 saturated heterocycles. The maximum absolute atomic E-state index is 12.1. The highest BCUT2D eigenvalue weighted by Crippen LogP contribution is 2.17.